The lowest BCUT2D eigenvalue weighted by atomic mass is 9.92. The average Bonchev–Trinajstić information content (AvgIpc) is 3.58. The first-order valence-electron chi connectivity index (χ1n) is 13.9. The second-order valence-electron chi connectivity index (χ2n) is 10.8. The van der Waals surface area contributed by atoms with Gasteiger partial charge in [0.25, 0.3) is 11.7 Å². The van der Waals surface area contributed by atoms with E-state index in [0.29, 0.717) is 46.6 Å². The van der Waals surface area contributed by atoms with E-state index >= 15 is 0 Å². The van der Waals surface area contributed by atoms with Gasteiger partial charge in [-0.3, -0.25) is 14.5 Å². The van der Waals surface area contributed by atoms with Gasteiger partial charge in [0.15, 0.2) is 11.5 Å². The van der Waals surface area contributed by atoms with Crippen LogP contribution >= 0.6 is 0 Å². The molecule has 42 heavy (non-hydrogen) atoms. The Labute approximate surface area is 244 Å². The summed E-state index contributed by atoms with van der Waals surface area (Å²) in [6.07, 6.45) is 0. The van der Waals surface area contributed by atoms with Crippen molar-refractivity contribution >= 4 is 23.1 Å². The van der Waals surface area contributed by atoms with E-state index in [9.17, 15) is 14.7 Å². The SMILES string of the molecule is Cc1cc(/C(O)=C2\C(=O)C(=O)N(c3ccc4c(c3)OCO4)C2c2ccc(C(C)C)cc2)ccc1OCc1ccccc1. The standard InChI is InChI=1S/C35H31NO6/c1-21(2)24-9-11-25(12-10-24)32-31(34(38)35(39)36(32)27-14-16-29-30(18-27)42-20-41-29)33(37)26-13-15-28(22(3)17-26)40-19-23-7-5-4-6-8-23/h4-18,21,32,37H,19-20H2,1-3H3/b33-31+. The molecular weight excluding hydrogens is 530 g/mol. The number of aliphatic hydroxyl groups is 1. The van der Waals surface area contributed by atoms with Crippen LogP contribution in [0.4, 0.5) is 5.69 Å². The molecule has 1 saturated heterocycles. The maximum atomic E-state index is 13.6. The number of hydrogen-bond donors (Lipinski definition) is 1. The first-order chi connectivity index (χ1) is 20.3. The van der Waals surface area contributed by atoms with Crippen LogP contribution in [0.15, 0.2) is 96.6 Å². The van der Waals surface area contributed by atoms with Crippen molar-refractivity contribution in [2.24, 2.45) is 0 Å². The number of carbonyl (C=O) groups is 2. The summed E-state index contributed by atoms with van der Waals surface area (Å²) >= 11 is 0. The van der Waals surface area contributed by atoms with Crippen LogP contribution in [0.25, 0.3) is 5.76 Å². The van der Waals surface area contributed by atoms with E-state index in [-0.39, 0.29) is 18.1 Å². The zero-order valence-electron chi connectivity index (χ0n) is 23.7. The molecule has 2 heterocycles. The number of aryl methyl sites for hydroxylation is 1. The normalized spacial score (nSPS) is 17.2. The van der Waals surface area contributed by atoms with Crippen molar-refractivity contribution in [3.63, 3.8) is 0 Å². The monoisotopic (exact) mass is 561 g/mol. The van der Waals surface area contributed by atoms with E-state index in [1.54, 1.807) is 36.4 Å². The van der Waals surface area contributed by atoms with E-state index in [2.05, 4.69) is 13.8 Å². The first kappa shape index (κ1) is 27.1. The molecule has 7 nitrogen and oxygen atoms in total. The van der Waals surface area contributed by atoms with Crippen LogP contribution in [0.2, 0.25) is 0 Å². The molecule has 1 fully saturated rings. The van der Waals surface area contributed by atoms with Crippen LogP contribution in [-0.2, 0) is 16.2 Å². The number of Topliss-reactive ketones (excluding diaryl/α,β-unsaturated/α-hetero) is 1. The van der Waals surface area contributed by atoms with Gasteiger partial charge in [0.2, 0.25) is 6.79 Å². The summed E-state index contributed by atoms with van der Waals surface area (Å²) in [5.41, 5.74) is 4.57. The second kappa shape index (κ2) is 11.1. The van der Waals surface area contributed by atoms with Gasteiger partial charge in [-0.2, -0.15) is 0 Å². The minimum atomic E-state index is -0.846. The van der Waals surface area contributed by atoms with Crippen molar-refractivity contribution in [2.75, 3.05) is 11.7 Å². The van der Waals surface area contributed by atoms with Crippen molar-refractivity contribution in [1.29, 1.82) is 0 Å². The van der Waals surface area contributed by atoms with Crippen molar-refractivity contribution in [3.8, 4) is 17.2 Å². The molecule has 1 amide bonds. The minimum Gasteiger partial charge on any atom is -0.507 e. The number of rotatable bonds is 7. The van der Waals surface area contributed by atoms with E-state index < -0.39 is 17.7 Å². The summed E-state index contributed by atoms with van der Waals surface area (Å²) in [5, 5.41) is 11.6. The molecule has 212 valence electrons. The topological polar surface area (TPSA) is 85.3 Å². The molecule has 2 aliphatic heterocycles. The fraction of sp³-hybridized carbons (Fsp3) is 0.200. The molecule has 1 atom stereocenters. The number of hydrogen-bond acceptors (Lipinski definition) is 6. The third-order valence-corrected chi connectivity index (χ3v) is 7.68. The van der Waals surface area contributed by atoms with Gasteiger partial charge in [-0.15, -0.1) is 0 Å². The molecular formula is C35H31NO6. The first-order valence-corrected chi connectivity index (χ1v) is 13.9. The highest BCUT2D eigenvalue weighted by Crippen LogP contribution is 2.45. The maximum absolute atomic E-state index is 13.6. The molecule has 4 aromatic rings. The summed E-state index contributed by atoms with van der Waals surface area (Å²) in [6, 6.07) is 27.2. The molecule has 0 aliphatic carbocycles. The van der Waals surface area contributed by atoms with Crippen LogP contribution < -0.4 is 19.1 Å². The number of aliphatic hydroxyl groups excluding tert-OH is 1. The number of ketones is 1. The molecule has 1 N–H and O–H groups in total. The molecule has 0 aromatic heterocycles. The van der Waals surface area contributed by atoms with Gasteiger partial charge in [0.05, 0.1) is 11.6 Å². The van der Waals surface area contributed by atoms with E-state index in [1.807, 2.05) is 61.5 Å². The lowest BCUT2D eigenvalue weighted by Crippen LogP contribution is -2.29. The Morgan fingerprint density at radius 3 is 2.38 bits per heavy atom. The highest BCUT2D eigenvalue weighted by atomic mass is 16.7. The summed E-state index contributed by atoms with van der Waals surface area (Å²) in [5.74, 6) is 0.301. The van der Waals surface area contributed by atoms with Crippen molar-refractivity contribution in [3.05, 3.63) is 124 Å². The molecule has 7 heteroatoms. The van der Waals surface area contributed by atoms with Gasteiger partial charge >= 0.3 is 0 Å². The average molecular weight is 562 g/mol. The molecule has 1 unspecified atom stereocenters. The Hall–Kier alpha value is -5.04. The molecule has 0 radical (unpaired) electrons. The summed E-state index contributed by atoms with van der Waals surface area (Å²) in [6.45, 7) is 6.57. The van der Waals surface area contributed by atoms with Gasteiger partial charge in [0, 0.05) is 17.3 Å². The number of ether oxygens (including phenoxy) is 3. The number of nitrogens with zero attached hydrogens (tertiary/aromatic N) is 1. The number of anilines is 1. The lowest BCUT2D eigenvalue weighted by Gasteiger charge is -2.26. The molecule has 2 aliphatic rings. The van der Waals surface area contributed by atoms with Crippen molar-refractivity contribution in [2.45, 2.75) is 39.3 Å². The largest absolute Gasteiger partial charge is 0.507 e. The quantitative estimate of drug-likeness (QED) is 0.148. The van der Waals surface area contributed by atoms with Crippen LogP contribution in [0.5, 0.6) is 17.2 Å². The predicted molar refractivity (Wildman–Crippen MR) is 160 cm³/mol. The van der Waals surface area contributed by atoms with E-state index in [1.165, 1.54) is 4.90 Å². The molecule has 0 spiro atoms. The Bertz CT molecular complexity index is 1690. The number of fused-ring (bicyclic) bond motifs is 1. The molecule has 4 aromatic carbocycles. The van der Waals surface area contributed by atoms with E-state index in [0.717, 1.165) is 16.7 Å². The Balaban J connectivity index is 1.41. The molecule has 6 rings (SSSR count). The number of amides is 1. The summed E-state index contributed by atoms with van der Waals surface area (Å²) in [7, 11) is 0. The Morgan fingerprint density at radius 2 is 1.67 bits per heavy atom. The van der Waals surface area contributed by atoms with Crippen LogP contribution in [-0.4, -0.2) is 23.6 Å². The van der Waals surface area contributed by atoms with Gasteiger partial charge in [-0.25, -0.2) is 0 Å². The smallest absolute Gasteiger partial charge is 0.300 e. The molecule has 0 bridgehead atoms. The third-order valence-electron chi connectivity index (χ3n) is 7.68. The summed E-state index contributed by atoms with van der Waals surface area (Å²) < 4.78 is 17.0. The van der Waals surface area contributed by atoms with Crippen LogP contribution in [0, 0.1) is 6.92 Å². The minimum absolute atomic E-state index is 0.0207. The summed E-state index contributed by atoms with van der Waals surface area (Å²) in [4.78, 5) is 28.6. The van der Waals surface area contributed by atoms with Crippen molar-refractivity contribution < 1.29 is 28.9 Å². The molecule has 0 saturated carbocycles. The Morgan fingerprint density at radius 1 is 0.929 bits per heavy atom. The van der Waals surface area contributed by atoms with Gasteiger partial charge in [-0.05, 0) is 65.4 Å². The fourth-order valence-corrected chi connectivity index (χ4v) is 5.36. The lowest BCUT2D eigenvalue weighted by molar-refractivity contribution is -0.132. The predicted octanol–water partition coefficient (Wildman–Crippen LogP) is 7.05. The zero-order valence-corrected chi connectivity index (χ0v) is 23.7. The van der Waals surface area contributed by atoms with Crippen LogP contribution in [0.3, 0.4) is 0 Å². The Kier molecular flexibility index (Phi) is 7.17. The van der Waals surface area contributed by atoms with Crippen LogP contribution in [0.1, 0.15) is 53.6 Å². The fourth-order valence-electron chi connectivity index (χ4n) is 5.36. The number of carbonyl (C=O) groups excluding carboxylic acids is 2. The maximum Gasteiger partial charge on any atom is 0.300 e. The number of benzene rings is 4. The highest BCUT2D eigenvalue weighted by molar-refractivity contribution is 6.51. The van der Waals surface area contributed by atoms with Gasteiger partial charge < -0.3 is 19.3 Å². The zero-order chi connectivity index (χ0) is 29.4. The highest BCUT2D eigenvalue weighted by Gasteiger charge is 2.47. The second-order valence-corrected chi connectivity index (χ2v) is 10.8. The van der Waals surface area contributed by atoms with E-state index in [4.69, 9.17) is 14.2 Å². The van der Waals surface area contributed by atoms with Gasteiger partial charge in [-0.1, -0.05) is 68.4 Å². The van der Waals surface area contributed by atoms with Gasteiger partial charge in [0.1, 0.15) is 18.1 Å². The third kappa shape index (κ3) is 4.98. The van der Waals surface area contributed by atoms with Crippen molar-refractivity contribution in [1.82, 2.24) is 0 Å².